The minimum Gasteiger partial charge on any atom is -0.374 e. The van der Waals surface area contributed by atoms with Crippen molar-refractivity contribution < 1.29 is 9.53 Å². The number of ether oxygens (including phenoxy) is 1. The SMILES string of the molecule is CN1CCOC(CNC(=O)c2cccc3[nH]ccc23)C1. The molecule has 1 saturated heterocycles. The van der Waals surface area contributed by atoms with Gasteiger partial charge in [0.2, 0.25) is 0 Å². The standard InChI is InChI=1S/C15H19N3O2/c1-18-7-8-20-11(10-18)9-17-15(19)13-3-2-4-14-12(13)5-6-16-14/h2-6,11,16H,7-10H2,1H3,(H,17,19). The lowest BCUT2D eigenvalue weighted by atomic mass is 10.1. The third-order valence-corrected chi connectivity index (χ3v) is 3.67. The number of likely N-dealkylation sites (N-methyl/N-ethyl adjacent to an activating group) is 1. The number of fused-ring (bicyclic) bond motifs is 1. The van der Waals surface area contributed by atoms with Crippen molar-refractivity contribution in [2.24, 2.45) is 0 Å². The first-order valence-corrected chi connectivity index (χ1v) is 6.88. The molecule has 1 aromatic heterocycles. The maximum absolute atomic E-state index is 12.3. The summed E-state index contributed by atoms with van der Waals surface area (Å²) in [5.41, 5.74) is 1.68. The molecule has 5 nitrogen and oxygen atoms in total. The first-order valence-electron chi connectivity index (χ1n) is 6.88. The average molecular weight is 273 g/mol. The Balaban J connectivity index is 1.66. The van der Waals surface area contributed by atoms with Gasteiger partial charge in [0, 0.05) is 42.3 Å². The quantitative estimate of drug-likeness (QED) is 0.884. The van der Waals surface area contributed by atoms with Crippen LogP contribution in [0.3, 0.4) is 0 Å². The van der Waals surface area contributed by atoms with Crippen LogP contribution in [0.2, 0.25) is 0 Å². The van der Waals surface area contributed by atoms with Crippen LogP contribution in [-0.4, -0.2) is 55.2 Å². The van der Waals surface area contributed by atoms with Gasteiger partial charge in [0.15, 0.2) is 0 Å². The van der Waals surface area contributed by atoms with E-state index in [1.807, 2.05) is 30.5 Å². The number of nitrogens with one attached hydrogen (secondary N) is 2. The van der Waals surface area contributed by atoms with E-state index in [1.165, 1.54) is 0 Å². The number of carbonyl (C=O) groups is 1. The summed E-state index contributed by atoms with van der Waals surface area (Å²) in [5, 5.41) is 3.92. The van der Waals surface area contributed by atoms with Crippen LogP contribution in [0.1, 0.15) is 10.4 Å². The van der Waals surface area contributed by atoms with Gasteiger partial charge in [-0.2, -0.15) is 0 Å². The molecule has 0 saturated carbocycles. The number of morpholine rings is 1. The van der Waals surface area contributed by atoms with Crippen molar-refractivity contribution in [3.63, 3.8) is 0 Å². The van der Waals surface area contributed by atoms with Gasteiger partial charge in [-0.3, -0.25) is 4.79 Å². The van der Waals surface area contributed by atoms with E-state index in [1.54, 1.807) is 0 Å². The molecule has 2 N–H and O–H groups in total. The Labute approximate surface area is 117 Å². The van der Waals surface area contributed by atoms with Crippen LogP contribution in [0, 0.1) is 0 Å². The Morgan fingerprint density at radius 1 is 1.50 bits per heavy atom. The van der Waals surface area contributed by atoms with E-state index in [0.717, 1.165) is 30.6 Å². The van der Waals surface area contributed by atoms with Crippen LogP contribution in [0.25, 0.3) is 10.9 Å². The number of amides is 1. The summed E-state index contributed by atoms with van der Waals surface area (Å²) in [6.07, 6.45) is 1.92. The van der Waals surface area contributed by atoms with Crippen molar-refractivity contribution in [2.75, 3.05) is 33.3 Å². The number of nitrogens with zero attached hydrogens (tertiary/aromatic N) is 1. The summed E-state index contributed by atoms with van der Waals surface area (Å²) in [4.78, 5) is 17.6. The van der Waals surface area contributed by atoms with E-state index in [-0.39, 0.29) is 12.0 Å². The van der Waals surface area contributed by atoms with Crippen molar-refractivity contribution in [3.05, 3.63) is 36.0 Å². The molecule has 0 radical (unpaired) electrons. The van der Waals surface area contributed by atoms with Crippen molar-refractivity contribution in [3.8, 4) is 0 Å². The van der Waals surface area contributed by atoms with Gasteiger partial charge in [-0.15, -0.1) is 0 Å². The molecule has 0 aliphatic carbocycles. The predicted molar refractivity (Wildman–Crippen MR) is 77.9 cm³/mol. The molecular formula is C15H19N3O2. The second-order valence-electron chi connectivity index (χ2n) is 5.21. The highest BCUT2D eigenvalue weighted by Gasteiger charge is 2.19. The molecule has 1 aliphatic heterocycles. The van der Waals surface area contributed by atoms with Gasteiger partial charge in [0.05, 0.1) is 12.7 Å². The van der Waals surface area contributed by atoms with Crippen LogP contribution in [-0.2, 0) is 4.74 Å². The fourth-order valence-electron chi connectivity index (χ4n) is 2.58. The number of H-pyrrole nitrogens is 1. The van der Waals surface area contributed by atoms with Gasteiger partial charge in [-0.05, 0) is 25.2 Å². The van der Waals surface area contributed by atoms with Crippen molar-refractivity contribution in [1.82, 2.24) is 15.2 Å². The van der Waals surface area contributed by atoms with E-state index in [2.05, 4.69) is 22.2 Å². The lowest BCUT2D eigenvalue weighted by Gasteiger charge is -2.30. The van der Waals surface area contributed by atoms with E-state index in [4.69, 9.17) is 4.74 Å². The van der Waals surface area contributed by atoms with Crippen molar-refractivity contribution >= 4 is 16.8 Å². The summed E-state index contributed by atoms with van der Waals surface area (Å²) in [5.74, 6) is -0.0490. The van der Waals surface area contributed by atoms with Crippen LogP contribution in [0.5, 0.6) is 0 Å². The first kappa shape index (κ1) is 13.1. The number of carbonyl (C=O) groups excluding carboxylic acids is 1. The molecule has 5 heteroatoms. The second-order valence-corrected chi connectivity index (χ2v) is 5.21. The van der Waals surface area contributed by atoms with Gasteiger partial charge in [-0.1, -0.05) is 6.07 Å². The highest BCUT2D eigenvalue weighted by molar-refractivity contribution is 6.06. The predicted octanol–water partition coefficient (Wildman–Crippen LogP) is 1.23. The molecule has 2 aromatic rings. The van der Waals surface area contributed by atoms with E-state index in [0.29, 0.717) is 12.1 Å². The molecular weight excluding hydrogens is 254 g/mol. The second kappa shape index (κ2) is 5.64. The third kappa shape index (κ3) is 2.69. The number of aromatic amines is 1. The van der Waals surface area contributed by atoms with Crippen LogP contribution < -0.4 is 5.32 Å². The molecule has 1 fully saturated rings. The molecule has 1 amide bonds. The smallest absolute Gasteiger partial charge is 0.252 e. The lowest BCUT2D eigenvalue weighted by Crippen LogP contribution is -2.45. The summed E-state index contributed by atoms with van der Waals surface area (Å²) in [7, 11) is 2.07. The van der Waals surface area contributed by atoms with Gasteiger partial charge < -0.3 is 19.9 Å². The number of hydrogen-bond acceptors (Lipinski definition) is 3. The largest absolute Gasteiger partial charge is 0.374 e. The zero-order valence-electron chi connectivity index (χ0n) is 11.6. The summed E-state index contributed by atoms with van der Waals surface area (Å²) in [6, 6.07) is 7.62. The average Bonchev–Trinajstić information content (AvgIpc) is 2.93. The van der Waals surface area contributed by atoms with Crippen molar-refractivity contribution in [1.29, 1.82) is 0 Å². The lowest BCUT2D eigenvalue weighted by molar-refractivity contribution is -0.0174. The normalized spacial score (nSPS) is 20.1. The molecule has 1 aromatic carbocycles. The molecule has 20 heavy (non-hydrogen) atoms. The van der Waals surface area contributed by atoms with Crippen LogP contribution in [0.15, 0.2) is 30.5 Å². The maximum Gasteiger partial charge on any atom is 0.252 e. The Kier molecular flexibility index (Phi) is 3.71. The van der Waals surface area contributed by atoms with Gasteiger partial charge >= 0.3 is 0 Å². The molecule has 0 spiro atoms. The Bertz CT molecular complexity index is 608. The molecule has 0 bridgehead atoms. The Morgan fingerprint density at radius 3 is 3.25 bits per heavy atom. The zero-order chi connectivity index (χ0) is 13.9. The number of aromatic nitrogens is 1. The monoisotopic (exact) mass is 273 g/mol. The highest BCUT2D eigenvalue weighted by atomic mass is 16.5. The zero-order valence-corrected chi connectivity index (χ0v) is 11.6. The maximum atomic E-state index is 12.3. The van der Waals surface area contributed by atoms with E-state index in [9.17, 15) is 4.79 Å². The van der Waals surface area contributed by atoms with Crippen LogP contribution >= 0.6 is 0 Å². The summed E-state index contributed by atoms with van der Waals surface area (Å²) < 4.78 is 5.64. The minimum atomic E-state index is -0.0490. The fraction of sp³-hybridized carbons (Fsp3) is 0.400. The number of rotatable bonds is 3. The molecule has 1 aliphatic rings. The fourth-order valence-corrected chi connectivity index (χ4v) is 2.58. The first-order chi connectivity index (χ1) is 9.74. The van der Waals surface area contributed by atoms with Gasteiger partial charge in [0.25, 0.3) is 5.91 Å². The molecule has 2 heterocycles. The summed E-state index contributed by atoms with van der Waals surface area (Å²) >= 11 is 0. The van der Waals surface area contributed by atoms with Gasteiger partial charge in [0.1, 0.15) is 0 Å². The topological polar surface area (TPSA) is 57.4 Å². The molecule has 1 atom stereocenters. The highest BCUT2D eigenvalue weighted by Crippen LogP contribution is 2.17. The minimum absolute atomic E-state index is 0.0490. The van der Waals surface area contributed by atoms with Crippen LogP contribution in [0.4, 0.5) is 0 Å². The van der Waals surface area contributed by atoms with Gasteiger partial charge in [-0.25, -0.2) is 0 Å². The summed E-state index contributed by atoms with van der Waals surface area (Å²) in [6.45, 7) is 3.08. The van der Waals surface area contributed by atoms with E-state index < -0.39 is 0 Å². The Hall–Kier alpha value is -1.85. The Morgan fingerprint density at radius 2 is 2.40 bits per heavy atom. The number of hydrogen-bond donors (Lipinski definition) is 2. The molecule has 106 valence electrons. The molecule has 3 rings (SSSR count). The third-order valence-electron chi connectivity index (χ3n) is 3.67. The van der Waals surface area contributed by atoms with Crippen molar-refractivity contribution in [2.45, 2.75) is 6.10 Å². The number of benzene rings is 1. The van der Waals surface area contributed by atoms with E-state index >= 15 is 0 Å². The molecule has 1 unspecified atom stereocenters.